The van der Waals surface area contributed by atoms with Gasteiger partial charge < -0.3 is 14.4 Å². The highest BCUT2D eigenvalue weighted by Gasteiger charge is 2.34. The van der Waals surface area contributed by atoms with Gasteiger partial charge in [0.05, 0.1) is 0 Å². The molecule has 1 aromatic rings. The minimum atomic E-state index is -0.345. The summed E-state index contributed by atoms with van der Waals surface area (Å²) >= 11 is 0. The first-order valence-corrected chi connectivity index (χ1v) is 7.09. The van der Waals surface area contributed by atoms with Crippen molar-refractivity contribution in [2.24, 2.45) is 5.41 Å². The zero-order valence-electron chi connectivity index (χ0n) is 12.5. The van der Waals surface area contributed by atoms with Gasteiger partial charge in [0.25, 0.3) is 0 Å². The lowest BCUT2D eigenvalue weighted by molar-refractivity contribution is -0.142. The number of rotatable bonds is 0. The maximum atomic E-state index is 12.5. The molecule has 0 spiro atoms. The Morgan fingerprint density at radius 3 is 2.40 bits per heavy atom. The Morgan fingerprint density at radius 1 is 1.20 bits per heavy atom. The lowest BCUT2D eigenvalue weighted by Crippen LogP contribution is -2.47. The zero-order valence-corrected chi connectivity index (χ0v) is 12.5. The summed E-state index contributed by atoms with van der Waals surface area (Å²) in [5.74, 6) is 1.82. The van der Waals surface area contributed by atoms with Crippen molar-refractivity contribution in [3.63, 3.8) is 0 Å². The minimum absolute atomic E-state index is 0.202. The Morgan fingerprint density at radius 2 is 1.80 bits per heavy atom. The fraction of sp³-hybridized carbons (Fsp3) is 0.562. The summed E-state index contributed by atoms with van der Waals surface area (Å²) in [5.41, 5.74) is 2.09. The molecule has 0 radical (unpaired) electrons. The van der Waals surface area contributed by atoms with E-state index in [1.165, 1.54) is 11.1 Å². The van der Waals surface area contributed by atoms with Gasteiger partial charge in [-0.1, -0.05) is 20.8 Å². The Labute approximate surface area is 119 Å². The van der Waals surface area contributed by atoms with Crippen LogP contribution in [0.1, 0.15) is 38.8 Å². The van der Waals surface area contributed by atoms with Crippen molar-refractivity contribution in [3.8, 4) is 11.5 Å². The van der Waals surface area contributed by atoms with Gasteiger partial charge in [0, 0.05) is 18.0 Å². The van der Waals surface area contributed by atoms with Crippen molar-refractivity contribution in [1.82, 2.24) is 4.90 Å². The number of carbonyl (C=O) groups is 1. The highest BCUT2D eigenvalue weighted by molar-refractivity contribution is 5.82. The quantitative estimate of drug-likeness (QED) is 0.731. The van der Waals surface area contributed by atoms with Crippen molar-refractivity contribution >= 4 is 5.91 Å². The van der Waals surface area contributed by atoms with Gasteiger partial charge in [0.1, 0.15) is 0 Å². The lowest BCUT2D eigenvalue weighted by atomic mass is 9.89. The summed E-state index contributed by atoms with van der Waals surface area (Å²) < 4.78 is 10.9. The average molecular weight is 275 g/mol. The van der Waals surface area contributed by atoms with Gasteiger partial charge in [0.15, 0.2) is 11.5 Å². The van der Waals surface area contributed by atoms with Crippen LogP contribution in [0.2, 0.25) is 0 Å². The van der Waals surface area contributed by atoms with Crippen molar-refractivity contribution in [2.75, 3.05) is 6.79 Å². The van der Waals surface area contributed by atoms with E-state index >= 15 is 0 Å². The Balaban J connectivity index is 1.92. The van der Waals surface area contributed by atoms with E-state index in [4.69, 9.17) is 9.47 Å². The third kappa shape index (κ3) is 2.13. The third-order valence-corrected chi connectivity index (χ3v) is 3.99. The van der Waals surface area contributed by atoms with Crippen LogP contribution >= 0.6 is 0 Å². The summed E-state index contributed by atoms with van der Waals surface area (Å²) in [7, 11) is 0. The molecule has 2 aliphatic heterocycles. The van der Waals surface area contributed by atoms with Crippen LogP contribution in [-0.4, -0.2) is 23.6 Å². The first-order valence-electron chi connectivity index (χ1n) is 7.09. The van der Waals surface area contributed by atoms with E-state index in [1.54, 1.807) is 0 Å². The highest BCUT2D eigenvalue weighted by atomic mass is 16.7. The number of amides is 1. The summed E-state index contributed by atoms with van der Waals surface area (Å²) in [4.78, 5) is 14.5. The van der Waals surface area contributed by atoms with Crippen LogP contribution in [0.15, 0.2) is 12.1 Å². The molecule has 20 heavy (non-hydrogen) atoms. The molecule has 1 atom stereocenters. The molecule has 108 valence electrons. The van der Waals surface area contributed by atoms with E-state index in [2.05, 4.69) is 13.0 Å². The monoisotopic (exact) mass is 275 g/mol. The summed E-state index contributed by atoms with van der Waals surface area (Å²) in [6.07, 6.45) is 0.869. The zero-order chi connectivity index (χ0) is 14.5. The number of hydrogen-bond donors (Lipinski definition) is 0. The van der Waals surface area contributed by atoms with Crippen molar-refractivity contribution in [2.45, 2.75) is 46.7 Å². The number of nitrogens with zero attached hydrogens (tertiary/aromatic N) is 1. The topological polar surface area (TPSA) is 38.8 Å². The van der Waals surface area contributed by atoms with Crippen LogP contribution in [0.25, 0.3) is 0 Å². The molecule has 0 aliphatic carbocycles. The second-order valence-electron chi connectivity index (χ2n) is 6.71. The predicted octanol–water partition coefficient (Wildman–Crippen LogP) is 2.73. The average Bonchev–Trinajstić information content (AvgIpc) is 2.80. The van der Waals surface area contributed by atoms with E-state index in [9.17, 15) is 4.79 Å². The molecule has 1 aromatic carbocycles. The number of carbonyl (C=O) groups excluding carboxylic acids is 1. The van der Waals surface area contributed by atoms with Crippen molar-refractivity contribution < 1.29 is 14.3 Å². The van der Waals surface area contributed by atoms with Crippen LogP contribution in [0, 0.1) is 5.41 Å². The number of ether oxygens (including phenoxy) is 2. The summed E-state index contributed by atoms with van der Waals surface area (Å²) in [6, 6.07) is 4.30. The third-order valence-electron chi connectivity index (χ3n) is 3.99. The van der Waals surface area contributed by atoms with Crippen LogP contribution in [0.5, 0.6) is 11.5 Å². The largest absolute Gasteiger partial charge is 0.454 e. The minimum Gasteiger partial charge on any atom is -0.454 e. The number of hydrogen-bond acceptors (Lipinski definition) is 3. The van der Waals surface area contributed by atoms with Gasteiger partial charge in [-0.25, -0.2) is 0 Å². The molecular formula is C16H21NO3. The van der Waals surface area contributed by atoms with Gasteiger partial charge in [-0.15, -0.1) is 0 Å². The van der Waals surface area contributed by atoms with Crippen LogP contribution in [0.4, 0.5) is 0 Å². The van der Waals surface area contributed by atoms with Crippen molar-refractivity contribution in [3.05, 3.63) is 23.3 Å². The van der Waals surface area contributed by atoms with Gasteiger partial charge in [-0.3, -0.25) is 4.79 Å². The molecule has 3 rings (SSSR count). The Kier molecular flexibility index (Phi) is 2.92. The van der Waals surface area contributed by atoms with Gasteiger partial charge >= 0.3 is 0 Å². The van der Waals surface area contributed by atoms with Crippen LogP contribution in [-0.2, 0) is 17.8 Å². The number of benzene rings is 1. The fourth-order valence-electron chi connectivity index (χ4n) is 2.83. The fourth-order valence-corrected chi connectivity index (χ4v) is 2.83. The van der Waals surface area contributed by atoms with Crippen molar-refractivity contribution in [1.29, 1.82) is 0 Å². The molecule has 4 heteroatoms. The highest BCUT2D eigenvalue weighted by Crippen LogP contribution is 2.38. The molecule has 4 nitrogen and oxygen atoms in total. The maximum absolute atomic E-state index is 12.5. The predicted molar refractivity (Wildman–Crippen MR) is 75.7 cm³/mol. The smallest absolute Gasteiger partial charge is 0.231 e. The first-order chi connectivity index (χ1) is 9.36. The molecule has 2 aliphatic rings. The van der Waals surface area contributed by atoms with E-state index < -0.39 is 0 Å². The molecule has 1 amide bonds. The molecule has 2 heterocycles. The SMILES string of the molecule is CC1Cc2cc3c(cc2CN1C(=O)C(C)(C)C)OCO3. The summed E-state index contributed by atoms with van der Waals surface area (Å²) in [5, 5.41) is 0. The van der Waals surface area contributed by atoms with E-state index in [0.717, 1.165) is 17.9 Å². The van der Waals surface area contributed by atoms with Crippen LogP contribution in [0.3, 0.4) is 0 Å². The molecule has 1 unspecified atom stereocenters. The van der Waals surface area contributed by atoms with Gasteiger partial charge in [0.2, 0.25) is 12.7 Å². The second kappa shape index (κ2) is 4.40. The van der Waals surface area contributed by atoms with Gasteiger partial charge in [-0.2, -0.15) is 0 Å². The lowest BCUT2D eigenvalue weighted by Gasteiger charge is -2.38. The summed E-state index contributed by atoms with van der Waals surface area (Å²) in [6.45, 7) is 8.96. The Hall–Kier alpha value is -1.71. The molecule has 0 saturated carbocycles. The maximum Gasteiger partial charge on any atom is 0.231 e. The molecular weight excluding hydrogens is 254 g/mol. The molecule has 0 aromatic heterocycles. The molecule has 0 fully saturated rings. The van der Waals surface area contributed by atoms with E-state index in [0.29, 0.717) is 13.3 Å². The first kappa shape index (κ1) is 13.3. The van der Waals surface area contributed by atoms with E-state index in [1.807, 2.05) is 31.7 Å². The molecule has 0 bridgehead atoms. The Bertz CT molecular complexity index is 560. The normalized spacial score (nSPS) is 20.8. The van der Waals surface area contributed by atoms with Crippen LogP contribution < -0.4 is 9.47 Å². The molecule has 0 N–H and O–H groups in total. The second-order valence-corrected chi connectivity index (χ2v) is 6.71. The number of fused-ring (bicyclic) bond motifs is 2. The molecule has 0 saturated heterocycles. The van der Waals surface area contributed by atoms with Gasteiger partial charge in [-0.05, 0) is 36.6 Å². The standard InChI is InChI=1S/C16H21NO3/c1-10-5-11-6-13-14(20-9-19-13)7-12(11)8-17(10)15(18)16(2,3)4/h6-7,10H,5,8-9H2,1-4H3. The van der Waals surface area contributed by atoms with E-state index in [-0.39, 0.29) is 17.4 Å².